The summed E-state index contributed by atoms with van der Waals surface area (Å²) in [5.74, 6) is -0.0663. The summed E-state index contributed by atoms with van der Waals surface area (Å²) in [6, 6.07) is 9.68. The van der Waals surface area contributed by atoms with Gasteiger partial charge in [-0.05, 0) is 39.1 Å². The molecule has 3 aromatic rings. The summed E-state index contributed by atoms with van der Waals surface area (Å²) in [5, 5.41) is 12.2. The fourth-order valence-corrected chi connectivity index (χ4v) is 3.69. The van der Waals surface area contributed by atoms with Crippen LogP contribution in [0.3, 0.4) is 0 Å². The van der Waals surface area contributed by atoms with Crippen LogP contribution in [0.1, 0.15) is 22.3 Å². The van der Waals surface area contributed by atoms with Gasteiger partial charge >= 0.3 is 0 Å². The maximum absolute atomic E-state index is 12.4. The summed E-state index contributed by atoms with van der Waals surface area (Å²) in [4.78, 5) is 14.0. The molecular formula is C17H19ClN4OS. The van der Waals surface area contributed by atoms with Gasteiger partial charge in [0.05, 0.1) is 21.3 Å². The van der Waals surface area contributed by atoms with Crippen LogP contribution in [0.5, 0.6) is 0 Å². The van der Waals surface area contributed by atoms with Crippen LogP contribution in [0, 0.1) is 6.92 Å². The first-order valence-corrected chi connectivity index (χ1v) is 8.90. The molecule has 1 amide bonds. The van der Waals surface area contributed by atoms with Crippen LogP contribution in [-0.4, -0.2) is 35.3 Å². The average Bonchev–Trinajstić information content (AvgIpc) is 3.14. The molecule has 3 rings (SSSR count). The number of rotatable bonds is 5. The van der Waals surface area contributed by atoms with Gasteiger partial charge in [0, 0.05) is 18.0 Å². The van der Waals surface area contributed by atoms with Crippen molar-refractivity contribution in [2.75, 3.05) is 13.6 Å². The van der Waals surface area contributed by atoms with Gasteiger partial charge in [-0.3, -0.25) is 4.79 Å². The molecule has 1 unspecified atom stereocenters. The predicted molar refractivity (Wildman–Crippen MR) is 99.5 cm³/mol. The number of para-hydroxylation sites is 1. The van der Waals surface area contributed by atoms with Crippen molar-refractivity contribution < 1.29 is 4.79 Å². The summed E-state index contributed by atoms with van der Waals surface area (Å²) >= 11 is 7.72. The number of thiophene rings is 1. The summed E-state index contributed by atoms with van der Waals surface area (Å²) in [6.45, 7) is 4.54. The van der Waals surface area contributed by atoms with Gasteiger partial charge in [0.1, 0.15) is 4.83 Å². The zero-order valence-electron chi connectivity index (χ0n) is 13.8. The molecule has 24 heavy (non-hydrogen) atoms. The molecule has 0 aliphatic carbocycles. The van der Waals surface area contributed by atoms with Gasteiger partial charge in [0.2, 0.25) is 0 Å². The molecule has 0 saturated carbocycles. The zero-order chi connectivity index (χ0) is 17.3. The number of nitrogens with zero attached hydrogens (tertiary/aromatic N) is 2. The summed E-state index contributed by atoms with van der Waals surface area (Å²) in [6.07, 6.45) is 0. The molecule has 0 saturated heterocycles. The minimum Gasteiger partial charge on any atom is -0.350 e. The Morgan fingerprint density at radius 3 is 2.88 bits per heavy atom. The van der Waals surface area contributed by atoms with Gasteiger partial charge < -0.3 is 10.6 Å². The van der Waals surface area contributed by atoms with Crippen molar-refractivity contribution in [3.05, 3.63) is 45.9 Å². The van der Waals surface area contributed by atoms with Crippen molar-refractivity contribution in [2.45, 2.75) is 19.9 Å². The van der Waals surface area contributed by atoms with E-state index in [4.69, 9.17) is 11.6 Å². The lowest BCUT2D eigenvalue weighted by atomic mass is 10.3. The normalized spacial score (nSPS) is 12.5. The van der Waals surface area contributed by atoms with Crippen molar-refractivity contribution in [3.63, 3.8) is 0 Å². The van der Waals surface area contributed by atoms with Crippen LogP contribution in [-0.2, 0) is 0 Å². The van der Waals surface area contributed by atoms with E-state index in [1.54, 1.807) is 0 Å². The fraction of sp³-hybridized carbons (Fsp3) is 0.294. The lowest BCUT2D eigenvalue weighted by Gasteiger charge is -2.10. The SMILES string of the molecule is CNC(C)CNC(=O)c1cc2c(C)nn(-c3ccccc3Cl)c2s1. The van der Waals surface area contributed by atoms with Crippen molar-refractivity contribution in [2.24, 2.45) is 0 Å². The highest BCUT2D eigenvalue weighted by Crippen LogP contribution is 2.32. The van der Waals surface area contributed by atoms with Crippen LogP contribution in [0.4, 0.5) is 0 Å². The van der Waals surface area contributed by atoms with E-state index in [-0.39, 0.29) is 11.9 Å². The molecule has 2 N–H and O–H groups in total. The van der Waals surface area contributed by atoms with Crippen molar-refractivity contribution >= 4 is 39.1 Å². The second-order valence-electron chi connectivity index (χ2n) is 5.68. The maximum Gasteiger partial charge on any atom is 0.261 e. The Kier molecular flexibility index (Phi) is 4.89. The molecule has 2 heterocycles. The number of amides is 1. The van der Waals surface area contributed by atoms with Crippen LogP contribution >= 0.6 is 22.9 Å². The molecule has 7 heteroatoms. The topological polar surface area (TPSA) is 58.9 Å². The number of hydrogen-bond acceptors (Lipinski definition) is 4. The first kappa shape index (κ1) is 17.0. The van der Waals surface area contributed by atoms with Gasteiger partial charge in [-0.15, -0.1) is 11.3 Å². The minimum absolute atomic E-state index is 0.0663. The van der Waals surface area contributed by atoms with Gasteiger partial charge in [-0.2, -0.15) is 5.10 Å². The third kappa shape index (κ3) is 3.17. The van der Waals surface area contributed by atoms with E-state index in [0.717, 1.165) is 21.6 Å². The zero-order valence-corrected chi connectivity index (χ0v) is 15.3. The molecule has 0 bridgehead atoms. The molecule has 1 aromatic carbocycles. The molecule has 0 aliphatic heterocycles. The third-order valence-electron chi connectivity index (χ3n) is 3.91. The van der Waals surface area contributed by atoms with Gasteiger partial charge in [-0.1, -0.05) is 23.7 Å². The number of aryl methyl sites for hydroxylation is 1. The lowest BCUT2D eigenvalue weighted by Crippen LogP contribution is -2.36. The molecule has 0 aliphatic rings. The number of carbonyl (C=O) groups is 1. The lowest BCUT2D eigenvalue weighted by molar-refractivity contribution is 0.0954. The molecular weight excluding hydrogens is 344 g/mol. The quantitative estimate of drug-likeness (QED) is 0.731. The molecule has 1 atom stereocenters. The maximum atomic E-state index is 12.4. The third-order valence-corrected chi connectivity index (χ3v) is 5.34. The van der Waals surface area contributed by atoms with E-state index < -0.39 is 0 Å². The van der Waals surface area contributed by atoms with E-state index in [1.165, 1.54) is 11.3 Å². The minimum atomic E-state index is -0.0663. The molecule has 126 valence electrons. The van der Waals surface area contributed by atoms with Crippen LogP contribution in [0.15, 0.2) is 30.3 Å². The number of carbonyl (C=O) groups excluding carboxylic acids is 1. The summed E-state index contributed by atoms with van der Waals surface area (Å²) in [7, 11) is 1.87. The first-order chi connectivity index (χ1) is 11.5. The predicted octanol–water partition coefficient (Wildman–Crippen LogP) is 3.39. The Bertz CT molecular complexity index is 886. The number of benzene rings is 1. The van der Waals surface area contributed by atoms with E-state index >= 15 is 0 Å². The average molecular weight is 363 g/mol. The first-order valence-electron chi connectivity index (χ1n) is 7.70. The number of aromatic nitrogens is 2. The van der Waals surface area contributed by atoms with Crippen LogP contribution < -0.4 is 10.6 Å². The number of likely N-dealkylation sites (N-methyl/N-ethyl adjacent to an activating group) is 1. The highest BCUT2D eigenvalue weighted by molar-refractivity contribution is 7.20. The summed E-state index contributed by atoms with van der Waals surface area (Å²) in [5.41, 5.74) is 1.69. The number of hydrogen-bond donors (Lipinski definition) is 2. The monoisotopic (exact) mass is 362 g/mol. The van der Waals surface area contributed by atoms with E-state index in [0.29, 0.717) is 16.4 Å². The van der Waals surface area contributed by atoms with Gasteiger partial charge in [0.25, 0.3) is 5.91 Å². The smallest absolute Gasteiger partial charge is 0.261 e. The van der Waals surface area contributed by atoms with E-state index in [9.17, 15) is 4.79 Å². The Labute approximate surface area is 149 Å². The Morgan fingerprint density at radius 1 is 1.42 bits per heavy atom. The van der Waals surface area contributed by atoms with Crippen molar-refractivity contribution in [1.82, 2.24) is 20.4 Å². The molecule has 2 aromatic heterocycles. The number of fused-ring (bicyclic) bond motifs is 1. The second-order valence-corrected chi connectivity index (χ2v) is 7.12. The van der Waals surface area contributed by atoms with Crippen molar-refractivity contribution in [3.8, 4) is 5.69 Å². The van der Waals surface area contributed by atoms with E-state index in [2.05, 4.69) is 15.7 Å². The van der Waals surface area contributed by atoms with Crippen LogP contribution in [0.2, 0.25) is 5.02 Å². The Balaban J connectivity index is 1.96. The second kappa shape index (κ2) is 6.93. The number of halogens is 1. The Morgan fingerprint density at radius 2 is 2.17 bits per heavy atom. The summed E-state index contributed by atoms with van der Waals surface area (Å²) < 4.78 is 1.81. The highest BCUT2D eigenvalue weighted by atomic mass is 35.5. The van der Waals surface area contributed by atoms with Crippen LogP contribution in [0.25, 0.3) is 15.9 Å². The van der Waals surface area contributed by atoms with Gasteiger partial charge in [-0.25, -0.2) is 4.68 Å². The van der Waals surface area contributed by atoms with E-state index in [1.807, 2.05) is 55.9 Å². The Hall–Kier alpha value is -1.89. The molecule has 5 nitrogen and oxygen atoms in total. The largest absolute Gasteiger partial charge is 0.350 e. The van der Waals surface area contributed by atoms with Gasteiger partial charge in [0.15, 0.2) is 0 Å². The molecule has 0 spiro atoms. The standard InChI is InChI=1S/C17H19ClN4OS/c1-10(19-3)9-20-16(23)15-8-12-11(2)21-22(17(12)24-15)14-7-5-4-6-13(14)18/h4-8,10,19H,9H2,1-3H3,(H,20,23). The highest BCUT2D eigenvalue weighted by Gasteiger charge is 2.18. The number of nitrogens with one attached hydrogen (secondary N) is 2. The fourth-order valence-electron chi connectivity index (χ4n) is 2.38. The molecule has 0 fully saturated rings. The van der Waals surface area contributed by atoms with Crippen molar-refractivity contribution in [1.29, 1.82) is 0 Å². The molecule has 0 radical (unpaired) electrons.